The van der Waals surface area contributed by atoms with Crippen LogP contribution in [0.1, 0.15) is 19.3 Å². The topological polar surface area (TPSA) is 125 Å². The van der Waals surface area contributed by atoms with E-state index in [1.54, 1.807) is 37.2 Å². The van der Waals surface area contributed by atoms with Gasteiger partial charge in [0.25, 0.3) is 0 Å². The molecule has 0 aliphatic heterocycles. The zero-order chi connectivity index (χ0) is 24.8. The highest BCUT2D eigenvalue weighted by atomic mass is 16.1. The highest BCUT2D eigenvalue weighted by Crippen LogP contribution is 2.34. The lowest BCUT2D eigenvalue weighted by molar-refractivity contribution is -0.122. The lowest BCUT2D eigenvalue weighted by Crippen LogP contribution is -2.28. The number of H-pyrrole nitrogens is 2. The Bertz CT molecular complexity index is 1770. The van der Waals surface area contributed by atoms with Crippen LogP contribution in [0.25, 0.3) is 55.7 Å². The number of nitrogens with zero attached hydrogens (tertiary/aromatic N) is 5. The fraction of sp³-hybridized carbons (Fsp3) is 0.143. The molecule has 6 aromatic heterocycles. The number of carbonyl (C=O) groups excluding carboxylic acids is 1. The van der Waals surface area contributed by atoms with E-state index in [1.165, 1.54) is 0 Å². The molecular formula is C28H22N8O. The van der Waals surface area contributed by atoms with Gasteiger partial charge in [-0.1, -0.05) is 6.42 Å². The van der Waals surface area contributed by atoms with Crippen LogP contribution in [0.3, 0.4) is 0 Å². The van der Waals surface area contributed by atoms with E-state index in [0.717, 1.165) is 75.0 Å². The summed E-state index contributed by atoms with van der Waals surface area (Å²) in [6.45, 7) is 0. The Balaban J connectivity index is 1.26. The summed E-state index contributed by atoms with van der Waals surface area (Å²) in [5.74, 6) is 0.167. The molecule has 6 heterocycles. The lowest BCUT2D eigenvalue weighted by atomic mass is 9.85. The smallest absolute Gasteiger partial charge is 0.227 e. The first-order valence-corrected chi connectivity index (χ1v) is 12.2. The maximum atomic E-state index is 12.4. The number of rotatable bonds is 5. The van der Waals surface area contributed by atoms with E-state index >= 15 is 0 Å². The number of hydrogen-bond donors (Lipinski definition) is 3. The molecule has 1 saturated carbocycles. The van der Waals surface area contributed by atoms with Crippen LogP contribution in [0.4, 0.5) is 5.69 Å². The van der Waals surface area contributed by atoms with Crippen molar-refractivity contribution in [3.8, 4) is 33.8 Å². The molecule has 9 heteroatoms. The molecule has 1 aliphatic rings. The molecule has 0 aromatic carbocycles. The highest BCUT2D eigenvalue weighted by molar-refractivity contribution is 6.00. The van der Waals surface area contributed by atoms with Crippen molar-refractivity contribution in [1.82, 2.24) is 35.1 Å². The fourth-order valence-electron chi connectivity index (χ4n) is 4.78. The van der Waals surface area contributed by atoms with E-state index in [4.69, 9.17) is 0 Å². The molecular weight excluding hydrogens is 464 g/mol. The van der Waals surface area contributed by atoms with Crippen LogP contribution in [0, 0.1) is 5.92 Å². The molecule has 37 heavy (non-hydrogen) atoms. The van der Waals surface area contributed by atoms with Gasteiger partial charge in [-0.05, 0) is 60.4 Å². The van der Waals surface area contributed by atoms with Crippen LogP contribution in [-0.2, 0) is 4.79 Å². The normalized spacial score (nSPS) is 13.6. The first-order valence-electron chi connectivity index (χ1n) is 12.2. The Morgan fingerprint density at radius 3 is 2.62 bits per heavy atom. The number of carbonyl (C=O) groups is 1. The fourth-order valence-corrected chi connectivity index (χ4v) is 4.78. The first-order chi connectivity index (χ1) is 18.2. The van der Waals surface area contributed by atoms with E-state index in [0.29, 0.717) is 5.69 Å². The van der Waals surface area contributed by atoms with Crippen molar-refractivity contribution in [3.05, 3.63) is 73.6 Å². The van der Waals surface area contributed by atoms with E-state index < -0.39 is 0 Å². The van der Waals surface area contributed by atoms with E-state index in [1.807, 2.05) is 30.3 Å². The summed E-state index contributed by atoms with van der Waals surface area (Å²) in [5.41, 5.74) is 7.62. The van der Waals surface area contributed by atoms with Crippen molar-refractivity contribution >= 4 is 33.5 Å². The number of fused-ring (bicyclic) bond motifs is 2. The number of amides is 1. The molecule has 0 radical (unpaired) electrons. The zero-order valence-electron chi connectivity index (χ0n) is 19.8. The average molecular weight is 487 g/mol. The summed E-state index contributed by atoms with van der Waals surface area (Å²) >= 11 is 0. The number of aromatic amines is 2. The summed E-state index contributed by atoms with van der Waals surface area (Å²) in [6.07, 6.45) is 13.6. The molecule has 1 amide bonds. The molecule has 1 fully saturated rings. The molecule has 9 nitrogen and oxygen atoms in total. The van der Waals surface area contributed by atoms with Crippen LogP contribution in [0.15, 0.2) is 73.6 Å². The van der Waals surface area contributed by atoms with Crippen molar-refractivity contribution < 1.29 is 4.79 Å². The molecule has 0 spiro atoms. The van der Waals surface area contributed by atoms with Crippen LogP contribution in [-0.4, -0.2) is 41.0 Å². The number of aromatic nitrogens is 7. The molecule has 1 aliphatic carbocycles. The van der Waals surface area contributed by atoms with Gasteiger partial charge in [0.05, 0.1) is 35.0 Å². The van der Waals surface area contributed by atoms with Crippen molar-refractivity contribution in [1.29, 1.82) is 0 Å². The zero-order valence-corrected chi connectivity index (χ0v) is 19.8. The third-order valence-electron chi connectivity index (χ3n) is 7.00. The summed E-state index contributed by atoms with van der Waals surface area (Å²) in [6, 6.07) is 12.0. The van der Waals surface area contributed by atoms with Gasteiger partial charge in [-0.25, -0.2) is 4.98 Å². The van der Waals surface area contributed by atoms with Gasteiger partial charge >= 0.3 is 0 Å². The van der Waals surface area contributed by atoms with Crippen molar-refractivity contribution in [3.63, 3.8) is 0 Å². The highest BCUT2D eigenvalue weighted by Gasteiger charge is 2.25. The summed E-state index contributed by atoms with van der Waals surface area (Å²) in [7, 11) is 0. The minimum atomic E-state index is 0.0595. The van der Waals surface area contributed by atoms with Gasteiger partial charge in [-0.3, -0.25) is 24.8 Å². The van der Waals surface area contributed by atoms with Crippen LogP contribution < -0.4 is 5.32 Å². The minimum Gasteiger partial charge on any atom is -0.338 e. The van der Waals surface area contributed by atoms with Gasteiger partial charge in [0.1, 0.15) is 11.3 Å². The second-order valence-electron chi connectivity index (χ2n) is 9.31. The summed E-state index contributed by atoms with van der Waals surface area (Å²) in [4.78, 5) is 33.4. The van der Waals surface area contributed by atoms with Crippen LogP contribution in [0.2, 0.25) is 0 Å². The molecule has 6 aromatic rings. The Hall–Kier alpha value is -4.92. The first kappa shape index (κ1) is 21.4. The third-order valence-corrected chi connectivity index (χ3v) is 7.00. The van der Waals surface area contributed by atoms with Crippen molar-refractivity contribution in [2.75, 3.05) is 5.32 Å². The predicted molar refractivity (Wildman–Crippen MR) is 141 cm³/mol. The number of anilines is 1. The monoisotopic (exact) mass is 486 g/mol. The summed E-state index contributed by atoms with van der Waals surface area (Å²) in [5, 5.41) is 12.6. The van der Waals surface area contributed by atoms with Gasteiger partial charge in [-0.15, -0.1) is 0 Å². The maximum absolute atomic E-state index is 12.4. The molecule has 7 rings (SSSR count). The average Bonchev–Trinajstić information content (AvgIpc) is 3.52. The molecule has 3 N–H and O–H groups in total. The minimum absolute atomic E-state index is 0.0595. The van der Waals surface area contributed by atoms with E-state index in [2.05, 4.69) is 46.5 Å². The molecule has 0 unspecified atom stereocenters. The standard InChI is InChI=1S/C28H22N8O/c37-28(17-2-1-3-17)33-19-10-18(13-30-14-19)23-12-22-25(15-32-23)35-36-26(22)24-11-21-20(6-9-31-27(21)34-24)16-4-7-29-8-5-16/h4-15,17H,1-3H2,(H,31,34)(H,33,37)(H,35,36). The quantitative estimate of drug-likeness (QED) is 0.301. The number of pyridine rings is 4. The predicted octanol–water partition coefficient (Wildman–Crippen LogP) is 5.36. The van der Waals surface area contributed by atoms with Gasteiger partial charge in [0.15, 0.2) is 0 Å². The second kappa shape index (κ2) is 8.63. The van der Waals surface area contributed by atoms with Crippen molar-refractivity contribution in [2.24, 2.45) is 5.92 Å². The van der Waals surface area contributed by atoms with Gasteiger partial charge in [0, 0.05) is 47.0 Å². The van der Waals surface area contributed by atoms with Gasteiger partial charge < -0.3 is 10.3 Å². The Kier molecular flexibility index (Phi) is 4.99. The molecule has 0 bridgehead atoms. The molecule has 180 valence electrons. The van der Waals surface area contributed by atoms with Crippen LogP contribution in [0.5, 0.6) is 0 Å². The SMILES string of the molecule is O=C(Nc1cncc(-c2cc3c(-c4cc5c(-c6ccncc6)ccnc5[nH]4)n[nH]c3cn2)c1)C1CCC1. The Morgan fingerprint density at radius 1 is 0.892 bits per heavy atom. The Morgan fingerprint density at radius 2 is 1.78 bits per heavy atom. The third kappa shape index (κ3) is 3.81. The largest absolute Gasteiger partial charge is 0.338 e. The van der Waals surface area contributed by atoms with Crippen LogP contribution >= 0.6 is 0 Å². The molecule has 0 saturated heterocycles. The second-order valence-corrected chi connectivity index (χ2v) is 9.31. The number of nitrogens with one attached hydrogen (secondary N) is 3. The molecule has 0 atom stereocenters. The number of hydrogen-bond acceptors (Lipinski definition) is 6. The summed E-state index contributed by atoms with van der Waals surface area (Å²) < 4.78 is 0. The Labute approximate surface area is 211 Å². The maximum Gasteiger partial charge on any atom is 0.227 e. The van der Waals surface area contributed by atoms with E-state index in [9.17, 15) is 4.79 Å². The lowest BCUT2D eigenvalue weighted by Gasteiger charge is -2.24. The van der Waals surface area contributed by atoms with Gasteiger partial charge in [-0.2, -0.15) is 5.10 Å². The van der Waals surface area contributed by atoms with E-state index in [-0.39, 0.29) is 11.8 Å². The van der Waals surface area contributed by atoms with Crippen molar-refractivity contribution in [2.45, 2.75) is 19.3 Å². The van der Waals surface area contributed by atoms with Gasteiger partial charge in [0.2, 0.25) is 5.91 Å².